The third-order valence-electron chi connectivity index (χ3n) is 2.64. The average Bonchev–Trinajstić information content (AvgIpc) is 2.56. The molecule has 84 valence electrons. The number of amides is 2. The lowest BCUT2D eigenvalue weighted by Gasteiger charge is -2.23. The highest BCUT2D eigenvalue weighted by atomic mass is 16.2. The Balaban J connectivity index is 2.31. The second-order valence-electron chi connectivity index (χ2n) is 3.83. The van der Waals surface area contributed by atoms with Crippen LogP contribution in [0.4, 0.5) is 4.79 Å². The van der Waals surface area contributed by atoms with Crippen LogP contribution in [0.25, 0.3) is 0 Å². The second-order valence-corrected chi connectivity index (χ2v) is 3.83. The van der Waals surface area contributed by atoms with Crippen molar-refractivity contribution < 1.29 is 4.79 Å². The van der Waals surface area contributed by atoms with Crippen molar-refractivity contribution >= 4 is 11.9 Å². The van der Waals surface area contributed by atoms with E-state index in [9.17, 15) is 4.79 Å². The van der Waals surface area contributed by atoms with E-state index in [0.29, 0.717) is 12.4 Å². The summed E-state index contributed by atoms with van der Waals surface area (Å²) in [6.07, 6.45) is 0.901. The van der Waals surface area contributed by atoms with Gasteiger partial charge >= 0.3 is 6.03 Å². The van der Waals surface area contributed by atoms with Gasteiger partial charge in [-0.2, -0.15) is 4.99 Å². The molecule has 0 fully saturated rings. The Labute approximate surface area is 94.8 Å². The highest BCUT2D eigenvalue weighted by Gasteiger charge is 2.33. The molecule has 1 aromatic carbocycles. The molecule has 1 unspecified atom stereocenters. The summed E-state index contributed by atoms with van der Waals surface area (Å²) in [5, 5.41) is 0. The van der Waals surface area contributed by atoms with Gasteiger partial charge in [-0.3, -0.25) is 0 Å². The summed E-state index contributed by atoms with van der Waals surface area (Å²) in [7, 11) is 0. The van der Waals surface area contributed by atoms with Crippen LogP contribution >= 0.6 is 0 Å². The molecule has 1 aliphatic rings. The second kappa shape index (κ2) is 4.35. The summed E-state index contributed by atoms with van der Waals surface area (Å²) in [6, 6.07) is 9.34. The van der Waals surface area contributed by atoms with Gasteiger partial charge in [-0.1, -0.05) is 37.3 Å². The fourth-order valence-electron chi connectivity index (χ4n) is 1.96. The third kappa shape index (κ3) is 1.78. The van der Waals surface area contributed by atoms with Crippen LogP contribution in [0.5, 0.6) is 0 Å². The zero-order valence-electron chi connectivity index (χ0n) is 9.26. The first kappa shape index (κ1) is 10.7. The van der Waals surface area contributed by atoms with Crippen molar-refractivity contribution in [2.75, 3.05) is 6.54 Å². The largest absolute Gasteiger partial charge is 0.385 e. The highest BCUT2D eigenvalue weighted by Crippen LogP contribution is 2.26. The molecular weight excluding hydrogens is 202 g/mol. The van der Waals surface area contributed by atoms with Crippen LogP contribution in [-0.4, -0.2) is 23.3 Å². The summed E-state index contributed by atoms with van der Waals surface area (Å²) in [6.45, 7) is 2.71. The van der Waals surface area contributed by atoms with Gasteiger partial charge in [0.15, 0.2) is 0 Å². The number of nitrogens with two attached hydrogens (primary N) is 1. The van der Waals surface area contributed by atoms with Gasteiger partial charge in [0.25, 0.3) is 0 Å². The van der Waals surface area contributed by atoms with Crippen LogP contribution in [0.3, 0.4) is 0 Å². The first-order valence-electron chi connectivity index (χ1n) is 5.43. The Hall–Kier alpha value is -1.84. The molecule has 0 aliphatic carbocycles. The van der Waals surface area contributed by atoms with Gasteiger partial charge in [-0.15, -0.1) is 0 Å². The number of hydrogen-bond acceptors (Lipinski definition) is 2. The van der Waals surface area contributed by atoms with Gasteiger partial charge in [0.2, 0.25) is 0 Å². The standard InChI is InChI=1S/C12H15N3O/c1-2-8-15-10(11(13)14-12(15)16)9-6-4-3-5-7-9/h3-7,10H,2,8H2,1H3,(H2,13,14,16). The van der Waals surface area contributed by atoms with E-state index >= 15 is 0 Å². The monoisotopic (exact) mass is 217 g/mol. The molecule has 0 radical (unpaired) electrons. The molecule has 0 spiro atoms. The van der Waals surface area contributed by atoms with Crippen molar-refractivity contribution in [3.63, 3.8) is 0 Å². The molecule has 1 heterocycles. The predicted octanol–water partition coefficient (Wildman–Crippen LogP) is 1.93. The van der Waals surface area contributed by atoms with E-state index < -0.39 is 0 Å². The van der Waals surface area contributed by atoms with Crippen LogP contribution in [0.2, 0.25) is 0 Å². The SMILES string of the molecule is CCCN1C(=O)N=C(N)C1c1ccccc1. The minimum atomic E-state index is -0.229. The van der Waals surface area contributed by atoms with Gasteiger partial charge < -0.3 is 10.6 Å². The highest BCUT2D eigenvalue weighted by molar-refractivity contribution is 6.03. The third-order valence-corrected chi connectivity index (χ3v) is 2.64. The number of carbonyl (C=O) groups excluding carboxylic acids is 1. The van der Waals surface area contributed by atoms with Crippen LogP contribution in [0.1, 0.15) is 24.9 Å². The van der Waals surface area contributed by atoms with Gasteiger partial charge in [0.1, 0.15) is 11.9 Å². The minimum Gasteiger partial charge on any atom is -0.385 e. The van der Waals surface area contributed by atoms with E-state index in [1.807, 2.05) is 37.3 Å². The van der Waals surface area contributed by atoms with Crippen molar-refractivity contribution in [2.24, 2.45) is 10.7 Å². The number of hydrogen-bond donors (Lipinski definition) is 1. The maximum absolute atomic E-state index is 11.6. The van der Waals surface area contributed by atoms with Gasteiger partial charge in [-0.25, -0.2) is 4.79 Å². The van der Waals surface area contributed by atoms with E-state index in [1.165, 1.54) is 0 Å². The molecule has 16 heavy (non-hydrogen) atoms. The molecule has 0 saturated heterocycles. The van der Waals surface area contributed by atoms with Crippen molar-refractivity contribution in [1.29, 1.82) is 0 Å². The first-order chi connectivity index (χ1) is 7.74. The minimum absolute atomic E-state index is 0.186. The Morgan fingerprint density at radius 2 is 2.06 bits per heavy atom. The summed E-state index contributed by atoms with van der Waals surface area (Å²) in [5.74, 6) is 0.393. The number of rotatable bonds is 3. The fraction of sp³-hybridized carbons (Fsp3) is 0.333. The topological polar surface area (TPSA) is 58.7 Å². The van der Waals surface area contributed by atoms with Crippen molar-refractivity contribution in [2.45, 2.75) is 19.4 Å². The normalized spacial score (nSPS) is 20.1. The maximum atomic E-state index is 11.6. The number of aliphatic imine (C=N–C) groups is 1. The molecule has 2 N–H and O–H groups in total. The van der Waals surface area contributed by atoms with Gasteiger partial charge in [0, 0.05) is 6.54 Å². The quantitative estimate of drug-likeness (QED) is 0.841. The molecule has 2 amide bonds. The molecule has 0 saturated carbocycles. The van der Waals surface area contributed by atoms with Crippen LogP contribution in [0, 0.1) is 0 Å². The van der Waals surface area contributed by atoms with Crippen molar-refractivity contribution in [1.82, 2.24) is 4.90 Å². The van der Waals surface area contributed by atoms with Crippen molar-refractivity contribution in [3.8, 4) is 0 Å². The van der Waals surface area contributed by atoms with Gasteiger partial charge in [0.05, 0.1) is 0 Å². The summed E-state index contributed by atoms with van der Waals surface area (Å²) >= 11 is 0. The average molecular weight is 217 g/mol. The first-order valence-corrected chi connectivity index (χ1v) is 5.43. The lowest BCUT2D eigenvalue weighted by atomic mass is 10.1. The Kier molecular flexibility index (Phi) is 2.90. The number of urea groups is 1. The zero-order chi connectivity index (χ0) is 11.5. The molecule has 1 atom stereocenters. The van der Waals surface area contributed by atoms with E-state index in [1.54, 1.807) is 4.90 Å². The molecule has 4 heteroatoms. The number of benzene rings is 1. The molecular formula is C12H15N3O. The van der Waals surface area contributed by atoms with Crippen LogP contribution < -0.4 is 5.73 Å². The fourth-order valence-corrected chi connectivity index (χ4v) is 1.96. The molecule has 1 aromatic rings. The van der Waals surface area contributed by atoms with Crippen molar-refractivity contribution in [3.05, 3.63) is 35.9 Å². The van der Waals surface area contributed by atoms with E-state index in [-0.39, 0.29) is 12.1 Å². The predicted molar refractivity (Wildman–Crippen MR) is 63.2 cm³/mol. The lowest BCUT2D eigenvalue weighted by Crippen LogP contribution is -2.33. The molecule has 4 nitrogen and oxygen atoms in total. The Bertz CT molecular complexity index is 414. The summed E-state index contributed by atoms with van der Waals surface area (Å²) in [4.78, 5) is 17.2. The Morgan fingerprint density at radius 1 is 1.38 bits per heavy atom. The number of amidine groups is 1. The van der Waals surface area contributed by atoms with Crippen LogP contribution in [-0.2, 0) is 0 Å². The summed E-state index contributed by atoms with van der Waals surface area (Å²) < 4.78 is 0. The molecule has 2 rings (SSSR count). The Morgan fingerprint density at radius 3 is 2.69 bits per heavy atom. The lowest BCUT2D eigenvalue weighted by molar-refractivity contribution is 0.206. The van der Waals surface area contributed by atoms with E-state index in [0.717, 1.165) is 12.0 Å². The van der Waals surface area contributed by atoms with Crippen LogP contribution in [0.15, 0.2) is 35.3 Å². The molecule has 0 aromatic heterocycles. The maximum Gasteiger partial charge on any atom is 0.346 e. The number of carbonyl (C=O) groups is 1. The smallest absolute Gasteiger partial charge is 0.346 e. The summed E-state index contributed by atoms with van der Waals surface area (Å²) in [5.41, 5.74) is 6.83. The van der Waals surface area contributed by atoms with E-state index in [4.69, 9.17) is 5.73 Å². The van der Waals surface area contributed by atoms with Gasteiger partial charge in [-0.05, 0) is 12.0 Å². The number of nitrogens with zero attached hydrogens (tertiary/aromatic N) is 2. The van der Waals surface area contributed by atoms with E-state index in [2.05, 4.69) is 4.99 Å². The molecule has 1 aliphatic heterocycles. The zero-order valence-corrected chi connectivity index (χ0v) is 9.26. The molecule has 0 bridgehead atoms.